The maximum atomic E-state index is 12.8. The molecule has 110 valence electrons. The quantitative estimate of drug-likeness (QED) is 0.747. The zero-order valence-corrected chi connectivity index (χ0v) is 11.1. The first-order valence-corrected chi connectivity index (χ1v) is 6.38. The number of halogens is 1. The van der Waals surface area contributed by atoms with E-state index >= 15 is 0 Å². The van der Waals surface area contributed by atoms with Crippen molar-refractivity contribution in [2.75, 3.05) is 19.7 Å². The number of carboxylic acid groups (broad SMARTS) is 1. The molecular weight excluding hydrogens is 265 g/mol. The predicted molar refractivity (Wildman–Crippen MR) is 70.6 cm³/mol. The molecule has 2 N–H and O–H groups in total. The molecule has 1 rings (SSSR count). The molecule has 0 radical (unpaired) electrons. The minimum absolute atomic E-state index is 0.0621. The smallest absolute Gasteiger partial charge is 0.305 e. The van der Waals surface area contributed by atoms with Crippen LogP contribution in [0.4, 0.5) is 4.39 Å². The van der Waals surface area contributed by atoms with Crippen LogP contribution in [0.3, 0.4) is 0 Å². The van der Waals surface area contributed by atoms with Crippen LogP contribution in [0.15, 0.2) is 24.3 Å². The Labute approximate surface area is 116 Å². The van der Waals surface area contributed by atoms with Gasteiger partial charge in [-0.2, -0.15) is 0 Å². The molecule has 0 fully saturated rings. The number of carbonyl (C=O) groups excluding carboxylic acids is 1. The largest absolute Gasteiger partial charge is 0.481 e. The van der Waals surface area contributed by atoms with E-state index in [1.54, 1.807) is 0 Å². The Bertz CT molecular complexity index is 447. The Morgan fingerprint density at radius 3 is 2.35 bits per heavy atom. The fraction of sp³-hybridized carbons (Fsp3) is 0.429. The van der Waals surface area contributed by atoms with Gasteiger partial charge < -0.3 is 15.1 Å². The van der Waals surface area contributed by atoms with Crippen LogP contribution in [0, 0.1) is 5.82 Å². The predicted octanol–water partition coefficient (Wildman–Crippen LogP) is 1.05. The number of carbonyl (C=O) groups is 2. The van der Waals surface area contributed by atoms with Crippen LogP contribution < -0.4 is 0 Å². The van der Waals surface area contributed by atoms with E-state index in [9.17, 15) is 14.0 Å². The standard InChI is InChI=1S/C14H18FNO4/c15-12-4-2-11(3-5-12)10-13(18)16(7-1-9-17)8-6-14(19)20/h2-5,17H,1,6-10H2,(H,19,20). The third-order valence-corrected chi connectivity index (χ3v) is 2.80. The van der Waals surface area contributed by atoms with E-state index in [2.05, 4.69) is 0 Å². The lowest BCUT2D eigenvalue weighted by Gasteiger charge is -2.21. The molecule has 0 unspecified atom stereocenters. The van der Waals surface area contributed by atoms with Crippen LogP contribution in [0.1, 0.15) is 18.4 Å². The molecule has 5 nitrogen and oxygen atoms in total. The first kappa shape index (κ1) is 16.1. The van der Waals surface area contributed by atoms with Crippen molar-refractivity contribution in [3.63, 3.8) is 0 Å². The van der Waals surface area contributed by atoms with Gasteiger partial charge in [-0.25, -0.2) is 4.39 Å². The van der Waals surface area contributed by atoms with Gasteiger partial charge in [-0.1, -0.05) is 12.1 Å². The van der Waals surface area contributed by atoms with Crippen LogP contribution in [-0.4, -0.2) is 46.7 Å². The molecule has 1 aromatic rings. The summed E-state index contributed by atoms with van der Waals surface area (Å²) in [5.74, 6) is -1.58. The minimum Gasteiger partial charge on any atom is -0.481 e. The molecule has 0 spiro atoms. The number of carboxylic acids is 1. The lowest BCUT2D eigenvalue weighted by molar-refractivity contribution is -0.138. The summed E-state index contributed by atoms with van der Waals surface area (Å²) in [6.45, 7) is 0.354. The number of aliphatic hydroxyl groups excluding tert-OH is 1. The van der Waals surface area contributed by atoms with Crippen LogP contribution in [0.2, 0.25) is 0 Å². The van der Waals surface area contributed by atoms with Gasteiger partial charge in [-0.3, -0.25) is 9.59 Å². The normalized spacial score (nSPS) is 10.3. The van der Waals surface area contributed by atoms with E-state index in [1.165, 1.54) is 29.2 Å². The second-order valence-corrected chi connectivity index (χ2v) is 4.40. The SMILES string of the molecule is O=C(O)CCN(CCCO)C(=O)Cc1ccc(F)cc1. The van der Waals surface area contributed by atoms with Gasteiger partial charge in [0.05, 0.1) is 12.8 Å². The van der Waals surface area contributed by atoms with Gasteiger partial charge in [-0.15, -0.1) is 0 Å². The van der Waals surface area contributed by atoms with Crippen LogP contribution in [-0.2, 0) is 16.0 Å². The van der Waals surface area contributed by atoms with Gasteiger partial charge in [0.15, 0.2) is 0 Å². The highest BCUT2D eigenvalue weighted by Gasteiger charge is 2.15. The zero-order valence-electron chi connectivity index (χ0n) is 11.1. The second-order valence-electron chi connectivity index (χ2n) is 4.40. The number of amides is 1. The molecule has 0 saturated heterocycles. The van der Waals surface area contributed by atoms with Crippen molar-refractivity contribution in [2.45, 2.75) is 19.3 Å². The molecule has 1 aromatic carbocycles. The summed E-state index contributed by atoms with van der Waals surface area (Å²) in [5, 5.41) is 17.5. The van der Waals surface area contributed by atoms with Crippen LogP contribution in [0.25, 0.3) is 0 Å². The maximum absolute atomic E-state index is 12.8. The monoisotopic (exact) mass is 283 g/mol. The van der Waals surface area contributed by atoms with E-state index in [0.29, 0.717) is 18.5 Å². The van der Waals surface area contributed by atoms with Crippen molar-refractivity contribution in [1.82, 2.24) is 4.90 Å². The molecule has 0 aromatic heterocycles. The van der Waals surface area contributed by atoms with E-state index in [-0.39, 0.29) is 37.7 Å². The van der Waals surface area contributed by atoms with E-state index in [4.69, 9.17) is 10.2 Å². The number of aliphatic hydroxyl groups is 1. The number of nitrogens with zero attached hydrogens (tertiary/aromatic N) is 1. The summed E-state index contributed by atoms with van der Waals surface area (Å²) >= 11 is 0. The van der Waals surface area contributed by atoms with E-state index in [1.807, 2.05) is 0 Å². The minimum atomic E-state index is -0.978. The van der Waals surface area contributed by atoms with E-state index < -0.39 is 5.97 Å². The summed E-state index contributed by atoms with van der Waals surface area (Å²) in [6.07, 6.45) is 0.348. The van der Waals surface area contributed by atoms with Crippen molar-refractivity contribution < 1.29 is 24.2 Å². The van der Waals surface area contributed by atoms with Crippen molar-refractivity contribution in [3.8, 4) is 0 Å². The summed E-state index contributed by atoms with van der Waals surface area (Å²) in [6, 6.07) is 5.60. The average Bonchev–Trinajstić information content (AvgIpc) is 2.41. The highest BCUT2D eigenvalue weighted by atomic mass is 19.1. The first-order valence-electron chi connectivity index (χ1n) is 6.38. The summed E-state index contributed by atoms with van der Waals surface area (Å²) in [7, 11) is 0. The van der Waals surface area contributed by atoms with Gasteiger partial charge >= 0.3 is 5.97 Å². The van der Waals surface area contributed by atoms with Crippen LogP contribution in [0.5, 0.6) is 0 Å². The highest BCUT2D eigenvalue weighted by Crippen LogP contribution is 2.06. The second kappa shape index (κ2) is 8.27. The van der Waals surface area contributed by atoms with Gasteiger partial charge in [-0.05, 0) is 24.1 Å². The summed E-state index contributed by atoms with van der Waals surface area (Å²) < 4.78 is 12.8. The maximum Gasteiger partial charge on any atom is 0.305 e. The van der Waals surface area contributed by atoms with Gasteiger partial charge in [0.2, 0.25) is 5.91 Å². The Hall–Kier alpha value is -1.95. The van der Waals surface area contributed by atoms with Crippen molar-refractivity contribution >= 4 is 11.9 Å². The third-order valence-electron chi connectivity index (χ3n) is 2.80. The zero-order chi connectivity index (χ0) is 15.0. The Morgan fingerprint density at radius 1 is 1.15 bits per heavy atom. The molecule has 6 heteroatoms. The Balaban J connectivity index is 2.61. The average molecular weight is 283 g/mol. The van der Waals surface area contributed by atoms with Crippen molar-refractivity contribution in [1.29, 1.82) is 0 Å². The van der Waals surface area contributed by atoms with Crippen LogP contribution >= 0.6 is 0 Å². The highest BCUT2D eigenvalue weighted by molar-refractivity contribution is 5.79. The number of hydrogen-bond donors (Lipinski definition) is 2. The number of aliphatic carboxylic acids is 1. The topological polar surface area (TPSA) is 77.8 Å². The third kappa shape index (κ3) is 5.79. The van der Waals surface area contributed by atoms with Crippen molar-refractivity contribution in [2.24, 2.45) is 0 Å². The van der Waals surface area contributed by atoms with Gasteiger partial charge in [0, 0.05) is 19.7 Å². The molecule has 1 amide bonds. The Morgan fingerprint density at radius 2 is 1.80 bits per heavy atom. The van der Waals surface area contributed by atoms with Gasteiger partial charge in [0.25, 0.3) is 0 Å². The fourth-order valence-electron chi connectivity index (χ4n) is 1.74. The molecule has 0 aliphatic rings. The van der Waals surface area contributed by atoms with E-state index in [0.717, 1.165) is 0 Å². The lowest BCUT2D eigenvalue weighted by atomic mass is 10.1. The molecule has 0 saturated carbocycles. The molecule has 0 bridgehead atoms. The number of rotatable bonds is 8. The fourth-order valence-corrected chi connectivity index (χ4v) is 1.74. The lowest BCUT2D eigenvalue weighted by Crippen LogP contribution is -2.35. The van der Waals surface area contributed by atoms with Crippen molar-refractivity contribution in [3.05, 3.63) is 35.6 Å². The summed E-state index contributed by atoms with van der Waals surface area (Å²) in [5.41, 5.74) is 0.667. The number of hydrogen-bond acceptors (Lipinski definition) is 3. The first-order chi connectivity index (χ1) is 9.52. The number of benzene rings is 1. The molecule has 0 atom stereocenters. The molecule has 20 heavy (non-hydrogen) atoms. The Kier molecular flexibility index (Phi) is 6.66. The molecule has 0 aliphatic heterocycles. The molecule has 0 aliphatic carbocycles. The molecule has 0 heterocycles. The van der Waals surface area contributed by atoms with Gasteiger partial charge in [0.1, 0.15) is 5.82 Å². The molecular formula is C14H18FNO4. The summed E-state index contributed by atoms with van der Waals surface area (Å²) in [4.78, 5) is 24.1.